The van der Waals surface area contributed by atoms with E-state index >= 15 is 0 Å². The Bertz CT molecular complexity index is 427. The number of aryl methyl sites for hydroxylation is 1. The Morgan fingerprint density at radius 1 is 1.42 bits per heavy atom. The van der Waals surface area contributed by atoms with Gasteiger partial charge in [0.2, 0.25) is 6.29 Å². The lowest BCUT2D eigenvalue weighted by Gasteiger charge is -2.26. The van der Waals surface area contributed by atoms with E-state index in [2.05, 4.69) is 11.1 Å². The number of hydrogen-bond donors (Lipinski definition) is 0. The first-order chi connectivity index (χ1) is 9.27. The molecule has 0 N–H and O–H groups in total. The molecule has 2 rings (SSSR count). The fourth-order valence-electron chi connectivity index (χ4n) is 2.57. The summed E-state index contributed by atoms with van der Waals surface area (Å²) >= 11 is 0. The Kier molecular flexibility index (Phi) is 5.05. The van der Waals surface area contributed by atoms with E-state index in [4.69, 9.17) is 9.47 Å². The monoisotopic (exact) mass is 263 g/mol. The van der Waals surface area contributed by atoms with Crippen LogP contribution >= 0.6 is 0 Å². The SMILES string of the molecule is CCOC(OCC)C(=O)C1CCCc2cccnc21. The average Bonchev–Trinajstić information content (AvgIpc) is 2.46. The maximum absolute atomic E-state index is 12.6. The highest BCUT2D eigenvalue weighted by Crippen LogP contribution is 2.31. The van der Waals surface area contributed by atoms with Crippen LogP contribution in [-0.2, 0) is 20.7 Å². The summed E-state index contributed by atoms with van der Waals surface area (Å²) in [4.78, 5) is 16.9. The Morgan fingerprint density at radius 3 is 2.84 bits per heavy atom. The minimum atomic E-state index is -0.757. The van der Waals surface area contributed by atoms with Gasteiger partial charge in [0.05, 0.1) is 11.6 Å². The summed E-state index contributed by atoms with van der Waals surface area (Å²) < 4.78 is 10.8. The summed E-state index contributed by atoms with van der Waals surface area (Å²) in [5.74, 6) is -0.184. The van der Waals surface area contributed by atoms with Gasteiger partial charge >= 0.3 is 0 Å². The molecule has 0 saturated carbocycles. The smallest absolute Gasteiger partial charge is 0.218 e. The van der Waals surface area contributed by atoms with E-state index in [0.29, 0.717) is 13.2 Å². The summed E-state index contributed by atoms with van der Waals surface area (Å²) in [7, 11) is 0. The predicted molar refractivity (Wildman–Crippen MR) is 72.0 cm³/mol. The van der Waals surface area contributed by atoms with Crippen LogP contribution in [0.25, 0.3) is 0 Å². The highest BCUT2D eigenvalue weighted by Gasteiger charge is 2.33. The number of hydrogen-bond acceptors (Lipinski definition) is 4. The second-order valence-electron chi connectivity index (χ2n) is 4.64. The van der Waals surface area contributed by atoms with Gasteiger partial charge in [0.25, 0.3) is 0 Å². The minimum absolute atomic E-state index is 0.00310. The molecular formula is C15H21NO3. The zero-order valence-electron chi connectivity index (χ0n) is 11.6. The summed E-state index contributed by atoms with van der Waals surface area (Å²) in [5.41, 5.74) is 2.09. The maximum Gasteiger partial charge on any atom is 0.218 e. The highest BCUT2D eigenvalue weighted by atomic mass is 16.7. The fourth-order valence-corrected chi connectivity index (χ4v) is 2.57. The molecule has 0 saturated heterocycles. The molecule has 0 bridgehead atoms. The number of carbonyl (C=O) groups is 1. The summed E-state index contributed by atoms with van der Waals surface area (Å²) in [5, 5.41) is 0. The number of nitrogens with zero attached hydrogens (tertiary/aromatic N) is 1. The third-order valence-electron chi connectivity index (χ3n) is 3.41. The molecule has 1 unspecified atom stereocenters. The van der Waals surface area contributed by atoms with Gasteiger partial charge in [-0.05, 0) is 44.7 Å². The van der Waals surface area contributed by atoms with Crippen molar-refractivity contribution in [1.29, 1.82) is 0 Å². The van der Waals surface area contributed by atoms with Crippen molar-refractivity contribution >= 4 is 5.78 Å². The van der Waals surface area contributed by atoms with Crippen molar-refractivity contribution in [2.75, 3.05) is 13.2 Å². The number of Topliss-reactive ketones (excluding diaryl/α,β-unsaturated/α-hetero) is 1. The van der Waals surface area contributed by atoms with Crippen molar-refractivity contribution < 1.29 is 14.3 Å². The Morgan fingerprint density at radius 2 is 2.16 bits per heavy atom. The lowest BCUT2D eigenvalue weighted by Crippen LogP contribution is -2.34. The van der Waals surface area contributed by atoms with Crippen molar-refractivity contribution in [3.05, 3.63) is 29.6 Å². The molecule has 0 amide bonds. The number of ketones is 1. The lowest BCUT2D eigenvalue weighted by molar-refractivity contribution is -0.169. The molecule has 1 aromatic heterocycles. The molecule has 19 heavy (non-hydrogen) atoms. The molecular weight excluding hydrogens is 242 g/mol. The molecule has 1 aliphatic carbocycles. The Balaban J connectivity index is 2.19. The van der Waals surface area contributed by atoms with Crippen molar-refractivity contribution in [2.45, 2.75) is 45.3 Å². The van der Waals surface area contributed by atoms with Gasteiger partial charge in [0, 0.05) is 19.4 Å². The molecule has 1 atom stereocenters. The second kappa shape index (κ2) is 6.78. The molecule has 0 radical (unpaired) electrons. The molecule has 1 heterocycles. The number of ether oxygens (including phenoxy) is 2. The molecule has 1 aromatic rings. The zero-order chi connectivity index (χ0) is 13.7. The van der Waals surface area contributed by atoms with Crippen LogP contribution in [0.5, 0.6) is 0 Å². The van der Waals surface area contributed by atoms with Gasteiger partial charge in [0.1, 0.15) is 0 Å². The zero-order valence-corrected chi connectivity index (χ0v) is 11.6. The molecule has 0 spiro atoms. The van der Waals surface area contributed by atoms with Crippen molar-refractivity contribution in [1.82, 2.24) is 4.98 Å². The van der Waals surface area contributed by atoms with Crippen LogP contribution in [0.15, 0.2) is 18.3 Å². The topological polar surface area (TPSA) is 48.4 Å². The first kappa shape index (κ1) is 14.2. The van der Waals surface area contributed by atoms with Gasteiger partial charge in [-0.3, -0.25) is 9.78 Å². The molecule has 4 nitrogen and oxygen atoms in total. The summed E-state index contributed by atoms with van der Waals surface area (Å²) in [6.07, 6.45) is 3.84. The lowest BCUT2D eigenvalue weighted by atomic mass is 9.84. The summed E-state index contributed by atoms with van der Waals surface area (Å²) in [6.45, 7) is 4.68. The molecule has 0 fully saturated rings. The molecule has 1 aliphatic rings. The summed E-state index contributed by atoms with van der Waals surface area (Å²) in [6, 6.07) is 3.98. The first-order valence-corrected chi connectivity index (χ1v) is 6.98. The van der Waals surface area contributed by atoms with E-state index in [-0.39, 0.29) is 11.7 Å². The molecule has 104 valence electrons. The first-order valence-electron chi connectivity index (χ1n) is 6.98. The normalized spacial score (nSPS) is 18.4. The van der Waals surface area contributed by atoms with E-state index in [0.717, 1.165) is 25.0 Å². The Hall–Kier alpha value is -1.26. The van der Waals surface area contributed by atoms with Crippen LogP contribution in [0, 0.1) is 0 Å². The number of rotatable bonds is 6. The van der Waals surface area contributed by atoms with Crippen molar-refractivity contribution in [2.24, 2.45) is 0 Å². The van der Waals surface area contributed by atoms with Gasteiger partial charge in [-0.2, -0.15) is 0 Å². The van der Waals surface area contributed by atoms with Crippen LogP contribution in [0.4, 0.5) is 0 Å². The van der Waals surface area contributed by atoms with Crippen LogP contribution in [0.2, 0.25) is 0 Å². The Labute approximate surface area is 114 Å². The van der Waals surface area contributed by atoms with Crippen LogP contribution in [0.1, 0.15) is 43.9 Å². The standard InChI is InChI=1S/C15H21NO3/c1-3-18-15(19-4-2)14(17)12-9-5-7-11-8-6-10-16-13(11)12/h6,8,10,12,15H,3-5,7,9H2,1-2H3. The quantitative estimate of drug-likeness (QED) is 0.740. The van der Waals surface area contributed by atoms with Gasteiger partial charge in [0.15, 0.2) is 5.78 Å². The second-order valence-corrected chi connectivity index (χ2v) is 4.64. The van der Waals surface area contributed by atoms with E-state index in [9.17, 15) is 4.79 Å². The largest absolute Gasteiger partial charge is 0.346 e. The van der Waals surface area contributed by atoms with E-state index in [1.807, 2.05) is 19.9 Å². The van der Waals surface area contributed by atoms with Gasteiger partial charge < -0.3 is 9.47 Å². The number of fused-ring (bicyclic) bond motifs is 1. The average molecular weight is 263 g/mol. The number of aromatic nitrogens is 1. The number of pyridine rings is 1. The van der Waals surface area contributed by atoms with Crippen LogP contribution in [-0.4, -0.2) is 30.3 Å². The van der Waals surface area contributed by atoms with Gasteiger partial charge in [-0.25, -0.2) is 0 Å². The highest BCUT2D eigenvalue weighted by molar-refractivity contribution is 5.88. The van der Waals surface area contributed by atoms with E-state index in [1.54, 1.807) is 6.20 Å². The minimum Gasteiger partial charge on any atom is -0.346 e. The van der Waals surface area contributed by atoms with Crippen molar-refractivity contribution in [3.63, 3.8) is 0 Å². The molecule has 0 aliphatic heterocycles. The van der Waals surface area contributed by atoms with E-state index < -0.39 is 6.29 Å². The molecule has 4 heteroatoms. The van der Waals surface area contributed by atoms with Gasteiger partial charge in [-0.1, -0.05) is 6.07 Å². The predicted octanol–water partition coefficient (Wildman–Crippen LogP) is 2.47. The molecule has 0 aromatic carbocycles. The van der Waals surface area contributed by atoms with Crippen LogP contribution < -0.4 is 0 Å². The van der Waals surface area contributed by atoms with Gasteiger partial charge in [-0.15, -0.1) is 0 Å². The third-order valence-corrected chi connectivity index (χ3v) is 3.41. The van der Waals surface area contributed by atoms with E-state index in [1.165, 1.54) is 5.56 Å². The fraction of sp³-hybridized carbons (Fsp3) is 0.600. The van der Waals surface area contributed by atoms with Crippen LogP contribution in [0.3, 0.4) is 0 Å². The van der Waals surface area contributed by atoms with Crippen molar-refractivity contribution in [3.8, 4) is 0 Å². The number of carbonyl (C=O) groups excluding carboxylic acids is 1. The third kappa shape index (κ3) is 3.19. The maximum atomic E-state index is 12.6.